The van der Waals surface area contributed by atoms with Gasteiger partial charge in [-0.15, -0.1) is 5.10 Å². The molecule has 2 rings (SSSR count). The molecular formula is C9H6ClFN4. The van der Waals surface area contributed by atoms with Gasteiger partial charge in [-0.25, -0.2) is 9.37 Å². The second-order valence-corrected chi connectivity index (χ2v) is 3.23. The van der Waals surface area contributed by atoms with Crippen LogP contribution in [0.1, 0.15) is 0 Å². The molecule has 0 aliphatic heterocycles. The van der Waals surface area contributed by atoms with Gasteiger partial charge >= 0.3 is 0 Å². The van der Waals surface area contributed by atoms with E-state index in [2.05, 4.69) is 15.2 Å². The number of rotatable bonds is 1. The largest absolute Gasteiger partial charge is 0.366 e. The Hall–Kier alpha value is -1.75. The van der Waals surface area contributed by atoms with Gasteiger partial charge in [0.15, 0.2) is 0 Å². The Bertz CT molecular complexity index is 503. The van der Waals surface area contributed by atoms with Crippen molar-refractivity contribution in [2.24, 2.45) is 0 Å². The Kier molecular flexibility index (Phi) is 2.47. The first-order valence-corrected chi connectivity index (χ1v) is 4.45. The molecule has 1 aromatic heterocycles. The van der Waals surface area contributed by atoms with E-state index in [1.54, 1.807) is 0 Å². The molecule has 1 heterocycles. The molecule has 6 heteroatoms. The number of anilines is 1. The summed E-state index contributed by atoms with van der Waals surface area (Å²) in [6.07, 6.45) is 1.41. The van der Waals surface area contributed by atoms with E-state index < -0.39 is 5.82 Å². The van der Waals surface area contributed by atoms with Crippen LogP contribution in [-0.2, 0) is 0 Å². The van der Waals surface area contributed by atoms with Crippen LogP contribution in [0.3, 0.4) is 0 Å². The molecule has 15 heavy (non-hydrogen) atoms. The lowest BCUT2D eigenvalue weighted by molar-refractivity contribution is 0.628. The molecule has 0 radical (unpaired) electrons. The third-order valence-corrected chi connectivity index (χ3v) is 2.10. The van der Waals surface area contributed by atoms with Crippen LogP contribution in [0.5, 0.6) is 0 Å². The summed E-state index contributed by atoms with van der Waals surface area (Å²) in [4.78, 5) is 3.93. The third-order valence-electron chi connectivity index (χ3n) is 1.78. The summed E-state index contributed by atoms with van der Waals surface area (Å²) in [6.45, 7) is 0. The first-order chi connectivity index (χ1) is 7.16. The predicted molar refractivity (Wildman–Crippen MR) is 54.6 cm³/mol. The fourth-order valence-electron chi connectivity index (χ4n) is 1.14. The van der Waals surface area contributed by atoms with Gasteiger partial charge in [-0.05, 0) is 18.2 Å². The average molecular weight is 225 g/mol. The van der Waals surface area contributed by atoms with Crippen LogP contribution in [0, 0.1) is 5.82 Å². The first-order valence-electron chi connectivity index (χ1n) is 4.07. The molecule has 1 aromatic carbocycles. The maximum absolute atomic E-state index is 12.8. The summed E-state index contributed by atoms with van der Waals surface area (Å²) in [5.41, 5.74) is 6.41. The molecule has 2 N–H and O–H groups in total. The van der Waals surface area contributed by atoms with E-state index in [1.165, 1.54) is 24.4 Å². The van der Waals surface area contributed by atoms with Crippen LogP contribution in [0.15, 0.2) is 24.4 Å². The molecule has 0 bridgehead atoms. The highest BCUT2D eigenvalue weighted by Crippen LogP contribution is 2.26. The Morgan fingerprint density at radius 2 is 2.13 bits per heavy atom. The lowest BCUT2D eigenvalue weighted by Gasteiger charge is -2.02. The van der Waals surface area contributed by atoms with Crippen molar-refractivity contribution in [3.8, 4) is 11.3 Å². The molecule has 0 spiro atoms. The lowest BCUT2D eigenvalue weighted by atomic mass is 10.1. The predicted octanol–water partition coefficient (Wildman–Crippen LogP) is 1.91. The monoisotopic (exact) mass is 224 g/mol. The van der Waals surface area contributed by atoms with Crippen LogP contribution >= 0.6 is 11.6 Å². The smallest absolute Gasteiger partial charge is 0.240 e. The molecule has 4 nitrogen and oxygen atoms in total. The maximum Gasteiger partial charge on any atom is 0.240 e. The van der Waals surface area contributed by atoms with Gasteiger partial charge in [0.25, 0.3) is 0 Å². The van der Waals surface area contributed by atoms with Gasteiger partial charge in [0.1, 0.15) is 5.82 Å². The van der Waals surface area contributed by atoms with Crippen LogP contribution in [-0.4, -0.2) is 15.2 Å². The fraction of sp³-hybridized carbons (Fsp3) is 0. The number of halogens is 2. The second kappa shape index (κ2) is 3.78. The summed E-state index contributed by atoms with van der Waals surface area (Å²) in [6, 6.07) is 4.01. The number of nitrogens with two attached hydrogens (primary N) is 1. The SMILES string of the molecule is Nc1nncc(-c2ccc(F)cc2Cl)n1. The van der Waals surface area contributed by atoms with Gasteiger partial charge in [0.2, 0.25) is 5.95 Å². The quantitative estimate of drug-likeness (QED) is 0.804. The molecule has 0 aliphatic rings. The molecule has 0 atom stereocenters. The molecular weight excluding hydrogens is 219 g/mol. The molecule has 0 fully saturated rings. The highest BCUT2D eigenvalue weighted by Gasteiger charge is 2.07. The van der Waals surface area contributed by atoms with Crippen LogP contribution in [0.25, 0.3) is 11.3 Å². The third kappa shape index (κ3) is 2.02. The summed E-state index contributed by atoms with van der Waals surface area (Å²) in [7, 11) is 0. The normalized spacial score (nSPS) is 10.3. The van der Waals surface area contributed by atoms with Crippen molar-refractivity contribution in [2.45, 2.75) is 0 Å². The molecule has 0 amide bonds. The van der Waals surface area contributed by atoms with E-state index in [0.717, 1.165) is 0 Å². The summed E-state index contributed by atoms with van der Waals surface area (Å²) < 4.78 is 12.8. The number of benzene rings is 1. The van der Waals surface area contributed by atoms with Gasteiger partial charge in [0.05, 0.1) is 16.9 Å². The Morgan fingerprint density at radius 3 is 2.80 bits per heavy atom. The molecule has 0 saturated heterocycles. The Labute approximate surface area is 89.9 Å². The van der Waals surface area contributed by atoms with Crippen LogP contribution in [0.2, 0.25) is 5.02 Å². The van der Waals surface area contributed by atoms with Crippen molar-refractivity contribution in [3.05, 3.63) is 35.2 Å². The second-order valence-electron chi connectivity index (χ2n) is 2.82. The van der Waals surface area contributed by atoms with E-state index in [-0.39, 0.29) is 11.0 Å². The zero-order chi connectivity index (χ0) is 10.8. The van der Waals surface area contributed by atoms with E-state index >= 15 is 0 Å². The lowest BCUT2D eigenvalue weighted by Crippen LogP contribution is -1.98. The summed E-state index contributed by atoms with van der Waals surface area (Å²) in [5.74, 6) is -0.355. The Morgan fingerprint density at radius 1 is 1.33 bits per heavy atom. The van der Waals surface area contributed by atoms with Crippen molar-refractivity contribution in [1.82, 2.24) is 15.2 Å². The van der Waals surface area contributed by atoms with Gasteiger partial charge in [-0.2, -0.15) is 5.10 Å². The Balaban J connectivity index is 2.54. The molecule has 0 unspecified atom stereocenters. The number of hydrogen-bond donors (Lipinski definition) is 1. The number of nitrogens with zero attached hydrogens (tertiary/aromatic N) is 3. The standard InChI is InChI=1S/C9H6ClFN4/c10-7-3-5(11)1-2-6(7)8-4-13-15-9(12)14-8/h1-4H,(H2,12,14,15). The number of hydrogen-bond acceptors (Lipinski definition) is 4. The van der Waals surface area contributed by atoms with E-state index in [4.69, 9.17) is 17.3 Å². The minimum atomic E-state index is -0.404. The zero-order valence-electron chi connectivity index (χ0n) is 7.48. The molecule has 0 aliphatic carbocycles. The minimum Gasteiger partial charge on any atom is -0.366 e. The van der Waals surface area contributed by atoms with Crippen molar-refractivity contribution in [2.75, 3.05) is 5.73 Å². The highest BCUT2D eigenvalue weighted by molar-refractivity contribution is 6.33. The summed E-state index contributed by atoms with van der Waals surface area (Å²) in [5, 5.41) is 7.41. The highest BCUT2D eigenvalue weighted by atomic mass is 35.5. The van der Waals surface area contributed by atoms with Crippen molar-refractivity contribution in [1.29, 1.82) is 0 Å². The molecule has 0 saturated carbocycles. The topological polar surface area (TPSA) is 64.7 Å². The first kappa shape index (κ1) is 9.79. The average Bonchev–Trinajstić information content (AvgIpc) is 2.17. The van der Waals surface area contributed by atoms with E-state index in [0.29, 0.717) is 11.3 Å². The van der Waals surface area contributed by atoms with E-state index in [1.807, 2.05) is 0 Å². The van der Waals surface area contributed by atoms with Crippen molar-refractivity contribution in [3.63, 3.8) is 0 Å². The molecule has 76 valence electrons. The number of aromatic nitrogens is 3. The minimum absolute atomic E-state index is 0.0490. The van der Waals surface area contributed by atoms with E-state index in [9.17, 15) is 4.39 Å². The summed E-state index contributed by atoms with van der Waals surface area (Å²) >= 11 is 5.85. The van der Waals surface area contributed by atoms with Crippen molar-refractivity contribution >= 4 is 17.5 Å². The molecule has 2 aromatic rings. The fourth-order valence-corrected chi connectivity index (χ4v) is 1.41. The number of nitrogen functional groups attached to an aromatic ring is 1. The van der Waals surface area contributed by atoms with Crippen LogP contribution in [0.4, 0.5) is 10.3 Å². The van der Waals surface area contributed by atoms with Crippen molar-refractivity contribution < 1.29 is 4.39 Å². The van der Waals surface area contributed by atoms with Gasteiger partial charge in [-0.1, -0.05) is 11.6 Å². The maximum atomic E-state index is 12.8. The van der Waals surface area contributed by atoms with Gasteiger partial charge < -0.3 is 5.73 Å². The van der Waals surface area contributed by atoms with Gasteiger partial charge in [-0.3, -0.25) is 0 Å². The van der Waals surface area contributed by atoms with Crippen LogP contribution < -0.4 is 5.73 Å². The zero-order valence-corrected chi connectivity index (χ0v) is 8.24. The van der Waals surface area contributed by atoms with Gasteiger partial charge in [0, 0.05) is 5.56 Å².